The fourth-order valence-electron chi connectivity index (χ4n) is 2.73. The van der Waals surface area contributed by atoms with E-state index in [2.05, 4.69) is 10.3 Å². The van der Waals surface area contributed by atoms with E-state index in [1.54, 1.807) is 35.4 Å². The van der Waals surface area contributed by atoms with Crippen molar-refractivity contribution in [3.8, 4) is 0 Å². The molecule has 5 heteroatoms. The van der Waals surface area contributed by atoms with Crippen LogP contribution in [0.2, 0.25) is 0 Å². The van der Waals surface area contributed by atoms with Gasteiger partial charge in [0.05, 0.1) is 0 Å². The molecule has 1 N–H and O–H groups in total. The molecule has 1 aliphatic carbocycles. The van der Waals surface area contributed by atoms with Crippen LogP contribution < -0.4 is 5.32 Å². The summed E-state index contributed by atoms with van der Waals surface area (Å²) in [5, 5.41) is 2.97. The Kier molecular flexibility index (Phi) is 6.36. The largest absolute Gasteiger partial charge is 0.349 e. The molecule has 0 aliphatic heterocycles. The Balaban J connectivity index is 1.53. The van der Waals surface area contributed by atoms with Crippen molar-refractivity contribution in [2.24, 2.45) is 0 Å². The molecule has 27 heavy (non-hydrogen) atoms. The van der Waals surface area contributed by atoms with Gasteiger partial charge in [0.2, 0.25) is 5.91 Å². The number of aromatic nitrogens is 1. The van der Waals surface area contributed by atoms with Gasteiger partial charge in [-0.05, 0) is 55.7 Å². The van der Waals surface area contributed by atoms with Gasteiger partial charge in [0.1, 0.15) is 0 Å². The van der Waals surface area contributed by atoms with Crippen molar-refractivity contribution >= 4 is 17.9 Å². The summed E-state index contributed by atoms with van der Waals surface area (Å²) in [6.07, 6.45) is 8.02. The molecule has 1 aromatic heterocycles. The van der Waals surface area contributed by atoms with Gasteiger partial charge < -0.3 is 10.2 Å². The number of amides is 2. The maximum atomic E-state index is 12.4. The van der Waals surface area contributed by atoms with Crippen LogP contribution in [0, 0.1) is 0 Å². The molecule has 1 aromatic carbocycles. The highest BCUT2D eigenvalue weighted by molar-refractivity contribution is 5.95. The predicted octanol–water partition coefficient (Wildman–Crippen LogP) is 3.08. The summed E-state index contributed by atoms with van der Waals surface area (Å²) in [6.45, 7) is 3.25. The van der Waals surface area contributed by atoms with Crippen molar-refractivity contribution in [1.29, 1.82) is 0 Å². The zero-order valence-electron chi connectivity index (χ0n) is 15.6. The fraction of sp³-hybridized carbons (Fsp3) is 0.318. The van der Waals surface area contributed by atoms with Gasteiger partial charge in [-0.1, -0.05) is 18.2 Å². The Bertz CT molecular complexity index is 796. The third kappa shape index (κ3) is 5.78. The molecule has 0 radical (unpaired) electrons. The zero-order valence-corrected chi connectivity index (χ0v) is 15.6. The normalized spacial score (nSPS) is 13.5. The summed E-state index contributed by atoms with van der Waals surface area (Å²) in [7, 11) is 0. The summed E-state index contributed by atoms with van der Waals surface area (Å²) >= 11 is 0. The molecule has 1 saturated carbocycles. The zero-order chi connectivity index (χ0) is 19.1. The van der Waals surface area contributed by atoms with E-state index in [4.69, 9.17) is 0 Å². The number of pyridine rings is 1. The highest BCUT2D eigenvalue weighted by Gasteiger charge is 2.23. The van der Waals surface area contributed by atoms with E-state index in [1.165, 1.54) is 0 Å². The molecule has 3 rings (SSSR count). The number of likely N-dealkylation sites (N-methyl/N-ethyl adjacent to an activating group) is 1. The van der Waals surface area contributed by atoms with Gasteiger partial charge in [-0.2, -0.15) is 0 Å². The fourth-order valence-corrected chi connectivity index (χ4v) is 2.73. The smallest absolute Gasteiger partial charge is 0.251 e. The van der Waals surface area contributed by atoms with Crippen LogP contribution in [0.4, 0.5) is 0 Å². The predicted molar refractivity (Wildman–Crippen MR) is 106 cm³/mol. The lowest BCUT2D eigenvalue weighted by Crippen LogP contribution is -2.31. The van der Waals surface area contributed by atoms with Crippen molar-refractivity contribution in [2.45, 2.75) is 32.2 Å². The van der Waals surface area contributed by atoms with Gasteiger partial charge in [0, 0.05) is 49.1 Å². The van der Waals surface area contributed by atoms with Gasteiger partial charge in [0.25, 0.3) is 5.91 Å². The Labute approximate surface area is 160 Å². The quantitative estimate of drug-likeness (QED) is 0.733. The van der Waals surface area contributed by atoms with Crippen LogP contribution in [-0.2, 0) is 11.2 Å². The number of hydrogen-bond acceptors (Lipinski definition) is 3. The van der Waals surface area contributed by atoms with Crippen molar-refractivity contribution in [3.63, 3.8) is 0 Å². The van der Waals surface area contributed by atoms with Gasteiger partial charge in [-0.3, -0.25) is 14.6 Å². The third-order valence-electron chi connectivity index (χ3n) is 4.56. The molecule has 0 atom stereocenters. The van der Waals surface area contributed by atoms with E-state index in [9.17, 15) is 9.59 Å². The molecule has 1 aliphatic rings. The molecule has 0 bridgehead atoms. The second-order valence-electron chi connectivity index (χ2n) is 6.69. The first-order valence-corrected chi connectivity index (χ1v) is 9.43. The molecule has 1 fully saturated rings. The van der Waals surface area contributed by atoms with Gasteiger partial charge in [-0.25, -0.2) is 0 Å². The standard InChI is InChI=1S/C22H25N3O2/c1-2-25(16-14-19-5-3-4-15-23-19)21(26)13-8-17-6-9-18(10-7-17)22(27)24-20-11-12-20/h3-10,13,15,20H,2,11-12,14,16H2,1H3,(H,24,27). The van der Waals surface area contributed by atoms with Crippen LogP contribution >= 0.6 is 0 Å². The van der Waals surface area contributed by atoms with E-state index in [-0.39, 0.29) is 11.8 Å². The van der Waals surface area contributed by atoms with Gasteiger partial charge in [-0.15, -0.1) is 0 Å². The number of nitrogens with one attached hydrogen (secondary N) is 1. The van der Waals surface area contributed by atoms with Crippen molar-refractivity contribution in [3.05, 3.63) is 71.6 Å². The molecule has 1 heterocycles. The minimum atomic E-state index is -0.0317. The van der Waals surface area contributed by atoms with Crippen LogP contribution in [0.25, 0.3) is 6.08 Å². The minimum absolute atomic E-state index is 0.0241. The average Bonchev–Trinajstić information content (AvgIpc) is 3.52. The summed E-state index contributed by atoms with van der Waals surface area (Å²) in [5.41, 5.74) is 2.52. The molecule has 5 nitrogen and oxygen atoms in total. The lowest BCUT2D eigenvalue weighted by Gasteiger charge is -2.18. The number of benzene rings is 1. The Morgan fingerprint density at radius 3 is 2.59 bits per heavy atom. The number of nitrogens with zero attached hydrogens (tertiary/aromatic N) is 2. The first-order chi connectivity index (χ1) is 13.2. The SMILES string of the molecule is CCN(CCc1ccccn1)C(=O)C=Cc1ccc(C(=O)NC2CC2)cc1. The summed E-state index contributed by atoms with van der Waals surface area (Å²) in [6, 6.07) is 13.5. The summed E-state index contributed by atoms with van der Waals surface area (Å²) < 4.78 is 0. The maximum absolute atomic E-state index is 12.4. The number of carbonyl (C=O) groups is 2. The van der Waals surface area contributed by atoms with Gasteiger partial charge in [0.15, 0.2) is 0 Å². The molecule has 140 valence electrons. The molecular weight excluding hydrogens is 338 g/mol. The van der Waals surface area contributed by atoms with E-state index in [1.807, 2.05) is 37.3 Å². The van der Waals surface area contributed by atoms with Crippen LogP contribution in [-0.4, -0.2) is 40.8 Å². The topological polar surface area (TPSA) is 62.3 Å². The lowest BCUT2D eigenvalue weighted by molar-refractivity contribution is -0.125. The number of carbonyl (C=O) groups excluding carboxylic acids is 2. The third-order valence-corrected chi connectivity index (χ3v) is 4.56. The number of hydrogen-bond donors (Lipinski definition) is 1. The number of rotatable bonds is 8. The molecule has 2 aromatic rings. The molecular formula is C22H25N3O2. The van der Waals surface area contributed by atoms with Crippen molar-refractivity contribution in [1.82, 2.24) is 15.2 Å². The molecule has 0 spiro atoms. The molecule has 0 saturated heterocycles. The lowest BCUT2D eigenvalue weighted by atomic mass is 10.1. The van der Waals surface area contributed by atoms with E-state index in [0.717, 1.165) is 30.5 Å². The van der Waals surface area contributed by atoms with Crippen LogP contribution in [0.3, 0.4) is 0 Å². The monoisotopic (exact) mass is 363 g/mol. The minimum Gasteiger partial charge on any atom is -0.349 e. The van der Waals surface area contributed by atoms with E-state index < -0.39 is 0 Å². The Morgan fingerprint density at radius 1 is 1.19 bits per heavy atom. The van der Waals surface area contributed by atoms with Crippen molar-refractivity contribution in [2.75, 3.05) is 13.1 Å². The summed E-state index contributed by atoms with van der Waals surface area (Å²) in [4.78, 5) is 30.5. The van der Waals surface area contributed by atoms with Crippen molar-refractivity contribution < 1.29 is 9.59 Å². The first-order valence-electron chi connectivity index (χ1n) is 9.43. The van der Waals surface area contributed by atoms with E-state index in [0.29, 0.717) is 24.7 Å². The van der Waals surface area contributed by atoms with Gasteiger partial charge >= 0.3 is 0 Å². The van der Waals surface area contributed by atoms with Crippen LogP contribution in [0.1, 0.15) is 41.4 Å². The highest BCUT2D eigenvalue weighted by Crippen LogP contribution is 2.19. The second-order valence-corrected chi connectivity index (χ2v) is 6.69. The Morgan fingerprint density at radius 2 is 1.96 bits per heavy atom. The van der Waals surface area contributed by atoms with Crippen LogP contribution in [0.15, 0.2) is 54.7 Å². The first kappa shape index (κ1) is 18.8. The highest BCUT2D eigenvalue weighted by atomic mass is 16.2. The Hall–Kier alpha value is -2.95. The van der Waals surface area contributed by atoms with Crippen LogP contribution in [0.5, 0.6) is 0 Å². The van der Waals surface area contributed by atoms with E-state index >= 15 is 0 Å². The second kappa shape index (κ2) is 9.12. The average molecular weight is 363 g/mol. The summed E-state index contributed by atoms with van der Waals surface area (Å²) in [5.74, 6) is -0.0558. The molecule has 2 amide bonds. The maximum Gasteiger partial charge on any atom is 0.251 e. The molecule has 0 unspecified atom stereocenters.